The Labute approximate surface area is 185 Å². The van der Waals surface area contributed by atoms with E-state index >= 15 is 0 Å². The van der Waals surface area contributed by atoms with E-state index in [4.69, 9.17) is 9.47 Å². The Kier molecular flexibility index (Phi) is 8.53. The van der Waals surface area contributed by atoms with E-state index in [1.807, 2.05) is 72.8 Å². The number of methoxy groups -OCH3 is 1. The highest BCUT2D eigenvalue weighted by atomic mass is 16.5. The Morgan fingerprint density at radius 2 is 1.32 bits per heavy atom. The minimum Gasteiger partial charge on any atom is -0.497 e. The molecule has 0 bridgehead atoms. The number of amides is 1. The van der Waals surface area contributed by atoms with Gasteiger partial charge < -0.3 is 14.8 Å². The maximum atomic E-state index is 12.6. The van der Waals surface area contributed by atoms with Crippen molar-refractivity contribution in [2.24, 2.45) is 0 Å². The van der Waals surface area contributed by atoms with E-state index in [1.165, 1.54) is 25.7 Å². The normalized spacial score (nSPS) is 10.5. The Morgan fingerprint density at radius 3 is 1.94 bits per heavy atom. The molecule has 0 spiro atoms. The van der Waals surface area contributed by atoms with Gasteiger partial charge in [-0.3, -0.25) is 4.79 Å². The third-order valence-electron chi connectivity index (χ3n) is 5.20. The molecule has 0 saturated heterocycles. The molecule has 0 radical (unpaired) electrons. The van der Waals surface area contributed by atoms with Crippen molar-refractivity contribution in [3.05, 3.63) is 78.4 Å². The van der Waals surface area contributed by atoms with Crippen molar-refractivity contribution in [2.75, 3.05) is 19.0 Å². The average molecular weight is 418 g/mol. The third-order valence-corrected chi connectivity index (χ3v) is 5.20. The van der Waals surface area contributed by atoms with Crippen LogP contribution in [0.2, 0.25) is 0 Å². The lowest BCUT2D eigenvalue weighted by Crippen LogP contribution is -2.11. The molecule has 3 rings (SSSR count). The van der Waals surface area contributed by atoms with Crippen molar-refractivity contribution in [1.82, 2.24) is 0 Å². The van der Waals surface area contributed by atoms with E-state index in [0.29, 0.717) is 5.56 Å². The average Bonchev–Trinajstić information content (AvgIpc) is 2.82. The fraction of sp³-hybridized carbons (Fsp3) is 0.296. The zero-order valence-corrected chi connectivity index (χ0v) is 18.4. The number of hydrogen-bond acceptors (Lipinski definition) is 3. The van der Waals surface area contributed by atoms with Crippen LogP contribution in [-0.4, -0.2) is 19.6 Å². The van der Waals surface area contributed by atoms with Crippen LogP contribution >= 0.6 is 0 Å². The second-order valence-electron chi connectivity index (χ2n) is 7.55. The van der Waals surface area contributed by atoms with Gasteiger partial charge in [-0.2, -0.15) is 0 Å². The van der Waals surface area contributed by atoms with Crippen LogP contribution in [0.4, 0.5) is 5.69 Å². The fourth-order valence-corrected chi connectivity index (χ4v) is 3.33. The largest absolute Gasteiger partial charge is 0.497 e. The highest BCUT2D eigenvalue weighted by Crippen LogP contribution is 2.23. The van der Waals surface area contributed by atoms with Crippen LogP contribution < -0.4 is 14.8 Å². The molecule has 0 saturated carbocycles. The molecule has 0 atom stereocenters. The molecule has 4 heteroatoms. The SMILES string of the molecule is CCCCCCCOc1ccc(NC(=O)c2ccc(-c3ccc(OC)cc3)cc2)cc1. The molecule has 0 fully saturated rings. The summed E-state index contributed by atoms with van der Waals surface area (Å²) in [4.78, 5) is 12.6. The van der Waals surface area contributed by atoms with Crippen molar-refractivity contribution in [3.8, 4) is 22.6 Å². The molecule has 1 amide bonds. The summed E-state index contributed by atoms with van der Waals surface area (Å²) in [6.45, 7) is 2.95. The molecule has 3 aromatic rings. The van der Waals surface area contributed by atoms with Gasteiger partial charge in [0.2, 0.25) is 0 Å². The number of rotatable bonds is 11. The van der Waals surface area contributed by atoms with Crippen LogP contribution in [0.3, 0.4) is 0 Å². The van der Waals surface area contributed by atoms with E-state index in [2.05, 4.69) is 12.2 Å². The van der Waals surface area contributed by atoms with Gasteiger partial charge in [-0.15, -0.1) is 0 Å². The summed E-state index contributed by atoms with van der Waals surface area (Å²) in [7, 11) is 1.65. The molecule has 1 N–H and O–H groups in total. The molecular formula is C27H31NO3. The van der Waals surface area contributed by atoms with Gasteiger partial charge in [-0.05, 0) is 66.1 Å². The maximum absolute atomic E-state index is 12.6. The zero-order chi connectivity index (χ0) is 21.9. The predicted molar refractivity (Wildman–Crippen MR) is 127 cm³/mol. The van der Waals surface area contributed by atoms with Gasteiger partial charge in [0, 0.05) is 11.3 Å². The van der Waals surface area contributed by atoms with Crippen LogP contribution in [0.5, 0.6) is 11.5 Å². The molecule has 0 aromatic heterocycles. The van der Waals surface area contributed by atoms with Crippen LogP contribution in [-0.2, 0) is 0 Å². The number of carbonyl (C=O) groups is 1. The molecule has 162 valence electrons. The number of nitrogens with one attached hydrogen (secondary N) is 1. The molecule has 0 aliphatic rings. The summed E-state index contributed by atoms with van der Waals surface area (Å²) in [5, 5.41) is 2.94. The van der Waals surface area contributed by atoms with Crippen LogP contribution in [0.15, 0.2) is 72.8 Å². The first kappa shape index (κ1) is 22.4. The summed E-state index contributed by atoms with van der Waals surface area (Å²) in [5.74, 6) is 1.52. The predicted octanol–water partition coefficient (Wildman–Crippen LogP) is 6.96. The zero-order valence-electron chi connectivity index (χ0n) is 18.4. The van der Waals surface area contributed by atoms with Crippen molar-refractivity contribution in [2.45, 2.75) is 39.0 Å². The Hall–Kier alpha value is -3.27. The number of benzene rings is 3. The first-order valence-corrected chi connectivity index (χ1v) is 11.0. The van der Waals surface area contributed by atoms with Crippen molar-refractivity contribution in [1.29, 1.82) is 0 Å². The number of hydrogen-bond donors (Lipinski definition) is 1. The number of carbonyl (C=O) groups excluding carboxylic acids is 1. The number of unbranched alkanes of at least 4 members (excludes halogenated alkanes) is 4. The van der Waals surface area contributed by atoms with Crippen LogP contribution in [0.1, 0.15) is 49.4 Å². The second kappa shape index (κ2) is 11.8. The van der Waals surface area contributed by atoms with Crippen molar-refractivity contribution >= 4 is 11.6 Å². The molecule has 0 aliphatic carbocycles. The van der Waals surface area contributed by atoms with Crippen molar-refractivity contribution in [3.63, 3.8) is 0 Å². The molecule has 4 nitrogen and oxygen atoms in total. The number of ether oxygens (including phenoxy) is 2. The van der Waals surface area contributed by atoms with E-state index < -0.39 is 0 Å². The van der Waals surface area contributed by atoms with Crippen LogP contribution in [0.25, 0.3) is 11.1 Å². The smallest absolute Gasteiger partial charge is 0.255 e. The summed E-state index contributed by atoms with van der Waals surface area (Å²) in [5.41, 5.74) is 3.49. The highest BCUT2D eigenvalue weighted by molar-refractivity contribution is 6.04. The molecule has 0 aliphatic heterocycles. The second-order valence-corrected chi connectivity index (χ2v) is 7.55. The van der Waals surface area contributed by atoms with Gasteiger partial charge in [0.1, 0.15) is 11.5 Å². The summed E-state index contributed by atoms with van der Waals surface area (Å²) >= 11 is 0. The van der Waals surface area contributed by atoms with Gasteiger partial charge in [-0.1, -0.05) is 56.9 Å². The third kappa shape index (κ3) is 6.88. The van der Waals surface area contributed by atoms with E-state index in [9.17, 15) is 4.79 Å². The van der Waals surface area contributed by atoms with Gasteiger partial charge in [0.25, 0.3) is 5.91 Å². The molecule has 3 aromatic carbocycles. The lowest BCUT2D eigenvalue weighted by molar-refractivity contribution is 0.102. The van der Waals surface area contributed by atoms with E-state index in [1.54, 1.807) is 7.11 Å². The van der Waals surface area contributed by atoms with E-state index in [0.717, 1.165) is 41.3 Å². The Morgan fingerprint density at radius 1 is 0.742 bits per heavy atom. The first-order chi connectivity index (χ1) is 15.2. The van der Waals surface area contributed by atoms with E-state index in [-0.39, 0.29) is 5.91 Å². The summed E-state index contributed by atoms with van der Waals surface area (Å²) in [6, 6.07) is 23.0. The van der Waals surface area contributed by atoms with Gasteiger partial charge in [0.05, 0.1) is 13.7 Å². The summed E-state index contributed by atoms with van der Waals surface area (Å²) in [6.07, 6.45) is 6.09. The summed E-state index contributed by atoms with van der Waals surface area (Å²) < 4.78 is 11.0. The molecule has 31 heavy (non-hydrogen) atoms. The minimum atomic E-state index is -0.133. The lowest BCUT2D eigenvalue weighted by Gasteiger charge is -2.09. The first-order valence-electron chi connectivity index (χ1n) is 11.0. The quantitative estimate of drug-likeness (QED) is 0.343. The molecule has 0 heterocycles. The molecular weight excluding hydrogens is 386 g/mol. The van der Waals surface area contributed by atoms with Crippen molar-refractivity contribution < 1.29 is 14.3 Å². The standard InChI is InChI=1S/C27H31NO3/c1-3-4-5-6-7-20-31-26-18-14-24(15-19-26)28-27(29)23-10-8-21(9-11-23)22-12-16-25(30-2)17-13-22/h8-19H,3-7,20H2,1-2H3,(H,28,29). The van der Waals surface area contributed by atoms with Crippen LogP contribution in [0, 0.1) is 0 Å². The lowest BCUT2D eigenvalue weighted by atomic mass is 10.0. The highest BCUT2D eigenvalue weighted by Gasteiger charge is 2.07. The Balaban J connectivity index is 1.50. The molecule has 0 unspecified atom stereocenters. The number of anilines is 1. The minimum absolute atomic E-state index is 0.133. The Bertz CT molecular complexity index is 932. The van der Waals surface area contributed by atoms with Gasteiger partial charge >= 0.3 is 0 Å². The fourth-order valence-electron chi connectivity index (χ4n) is 3.33. The topological polar surface area (TPSA) is 47.6 Å². The van der Waals surface area contributed by atoms with Gasteiger partial charge in [-0.25, -0.2) is 0 Å². The maximum Gasteiger partial charge on any atom is 0.255 e. The van der Waals surface area contributed by atoms with Gasteiger partial charge in [0.15, 0.2) is 0 Å². The monoisotopic (exact) mass is 417 g/mol.